The minimum Gasteiger partial charge on any atom is -0.396 e. The van der Waals surface area contributed by atoms with E-state index in [1.165, 1.54) is 42.5 Å². The molecule has 2 aromatic heterocycles. The maximum atomic E-state index is 12.6. The average molecular weight is 963 g/mol. The number of rotatable bonds is 25. The second kappa shape index (κ2) is 22.3. The van der Waals surface area contributed by atoms with Gasteiger partial charge in [0.25, 0.3) is 30.4 Å². The number of aliphatic hydroxyl groups is 2. The SMILES string of the molecule is CC(CO)CNc1nc(NCCS(=O)(=O)O)nc(Nc2ccc(C=Cc3ccc(Nc4nc(NCCS(=O)(=O)O)nc(N(C)CC(C)CO)n4)cc3OS(=O)O)c(S(=O)(=O)O)c2)n1. The fraction of sp³-hybridized carbons (Fsp3) is 0.394. The Morgan fingerprint density at radius 2 is 1.17 bits per heavy atom. The first-order chi connectivity index (χ1) is 29.5. The topological polar surface area (TPSA) is 391 Å². The average Bonchev–Trinajstić information content (AvgIpc) is 3.18. The van der Waals surface area contributed by atoms with Crippen molar-refractivity contribution in [1.82, 2.24) is 29.9 Å². The second-order valence-corrected chi connectivity index (χ2v) is 18.9. The van der Waals surface area contributed by atoms with Crippen LogP contribution in [0.3, 0.4) is 0 Å². The van der Waals surface area contributed by atoms with E-state index in [0.29, 0.717) is 6.54 Å². The maximum absolute atomic E-state index is 12.6. The molecule has 0 amide bonds. The number of anilines is 8. The molecule has 0 fully saturated rings. The minimum atomic E-state index is -4.91. The number of hydrogen-bond acceptors (Lipinski definition) is 22. The van der Waals surface area contributed by atoms with Gasteiger partial charge in [0, 0.05) is 69.4 Å². The van der Waals surface area contributed by atoms with Crippen LogP contribution in [0, 0.1) is 11.8 Å². The van der Waals surface area contributed by atoms with Crippen molar-refractivity contribution in [3.63, 3.8) is 0 Å². The number of aromatic nitrogens is 6. The lowest BCUT2D eigenvalue weighted by molar-refractivity contribution is 0.240. The first kappa shape index (κ1) is 50.2. The number of aliphatic hydroxyl groups excluding tert-OH is 2. The van der Waals surface area contributed by atoms with E-state index in [1.807, 2.05) is 0 Å². The van der Waals surface area contributed by atoms with Crippen molar-refractivity contribution in [1.29, 1.82) is 0 Å². The third-order valence-electron chi connectivity index (χ3n) is 8.13. The molecule has 3 atom stereocenters. The monoisotopic (exact) mass is 962 g/mol. The van der Waals surface area contributed by atoms with Crippen molar-refractivity contribution in [2.24, 2.45) is 11.8 Å². The fourth-order valence-electron chi connectivity index (χ4n) is 5.09. The minimum absolute atomic E-state index is 0.00939. The van der Waals surface area contributed by atoms with Gasteiger partial charge in [-0.05, 0) is 41.7 Å². The van der Waals surface area contributed by atoms with Gasteiger partial charge in [-0.3, -0.25) is 18.2 Å². The van der Waals surface area contributed by atoms with Crippen LogP contribution in [0.2, 0.25) is 0 Å². The highest BCUT2D eigenvalue weighted by atomic mass is 32.2. The van der Waals surface area contributed by atoms with Crippen molar-refractivity contribution in [2.75, 3.05) is 89.4 Å². The van der Waals surface area contributed by atoms with Gasteiger partial charge in [-0.1, -0.05) is 32.1 Å². The number of nitrogens with zero attached hydrogens (tertiary/aromatic N) is 7. The van der Waals surface area contributed by atoms with Crippen LogP contribution in [0.5, 0.6) is 5.75 Å². The van der Waals surface area contributed by atoms with E-state index in [-0.39, 0.29) is 109 Å². The Morgan fingerprint density at radius 1 is 0.698 bits per heavy atom. The lowest BCUT2D eigenvalue weighted by Crippen LogP contribution is -2.28. The number of nitrogens with one attached hydrogen (secondary N) is 5. The van der Waals surface area contributed by atoms with Gasteiger partial charge in [0.2, 0.25) is 35.7 Å². The molecule has 0 saturated heterocycles. The van der Waals surface area contributed by atoms with Crippen molar-refractivity contribution in [3.8, 4) is 5.75 Å². The lowest BCUT2D eigenvalue weighted by atomic mass is 10.1. The van der Waals surface area contributed by atoms with Crippen LogP contribution in [0.15, 0.2) is 41.3 Å². The predicted octanol–water partition coefficient (Wildman–Crippen LogP) is 1.18. The third kappa shape index (κ3) is 17.3. The molecule has 4 aromatic rings. The smallest absolute Gasteiger partial charge is 0.357 e. The summed E-state index contributed by atoms with van der Waals surface area (Å²) < 4.78 is 125. The highest BCUT2D eigenvalue weighted by Gasteiger charge is 2.19. The van der Waals surface area contributed by atoms with Gasteiger partial charge in [-0.15, -0.1) is 0 Å². The summed E-state index contributed by atoms with van der Waals surface area (Å²) in [4.78, 5) is 26.4. The molecule has 3 unspecified atom stereocenters. The van der Waals surface area contributed by atoms with Crippen molar-refractivity contribution in [2.45, 2.75) is 18.7 Å². The van der Waals surface area contributed by atoms with Gasteiger partial charge < -0.3 is 45.9 Å². The zero-order chi connectivity index (χ0) is 46.5. The van der Waals surface area contributed by atoms with Gasteiger partial charge in [-0.25, -0.2) is 0 Å². The van der Waals surface area contributed by atoms with E-state index in [4.69, 9.17) is 13.3 Å². The molecule has 0 saturated carbocycles. The van der Waals surface area contributed by atoms with E-state index in [0.717, 1.165) is 6.07 Å². The van der Waals surface area contributed by atoms with Crippen molar-refractivity contribution in [3.05, 3.63) is 47.5 Å². The molecule has 2 aromatic carbocycles. The molecule has 0 spiro atoms. The first-order valence-electron chi connectivity index (χ1n) is 18.3. The zero-order valence-electron chi connectivity index (χ0n) is 33.6. The van der Waals surface area contributed by atoms with Crippen LogP contribution in [-0.2, 0) is 41.7 Å². The standard InChI is InChI=1S/C33H46N12O14S4/c1-20(18-46)16-36-30-39-28(34-10-12-61(50,51)52)40-31(42-30)38-25-9-7-23(27(15-25)63(56,57)58)5-4-22-6-8-24(14-26(22)59-60(48)49)37-32-41-29(35-11-13-62(53,54)55)43-33(44-32)45(3)17-21(2)19-47/h4-9,14-15,20-21,46-47H,10-13,16-19H2,1-3H3,(H,48,49)(H,50,51,52)(H,53,54,55)(H,56,57,58)(H2,35,37,41,43,44)(H3,34,36,38,39,40,42). The van der Waals surface area contributed by atoms with Crippen molar-refractivity contribution < 1.29 is 62.1 Å². The Hall–Kier alpha value is -5.44. The summed E-state index contributed by atoms with van der Waals surface area (Å²) in [5, 5.41) is 32.8. The number of hydrogen-bond donors (Lipinski definition) is 11. The largest absolute Gasteiger partial charge is 0.396 e. The van der Waals surface area contributed by atoms with E-state index in [2.05, 4.69) is 56.5 Å². The molecule has 30 heteroatoms. The maximum Gasteiger partial charge on any atom is 0.357 e. The predicted molar refractivity (Wildman–Crippen MR) is 233 cm³/mol. The van der Waals surface area contributed by atoms with Gasteiger partial charge in [0.05, 0.1) is 11.5 Å². The Bertz CT molecular complexity index is 2610. The van der Waals surface area contributed by atoms with E-state index >= 15 is 0 Å². The quantitative estimate of drug-likeness (QED) is 0.0252. The Balaban J connectivity index is 1.64. The van der Waals surface area contributed by atoms with Crippen LogP contribution < -0.4 is 35.7 Å². The molecular weight excluding hydrogens is 917 g/mol. The molecule has 2 heterocycles. The Morgan fingerprint density at radius 3 is 1.71 bits per heavy atom. The van der Waals surface area contributed by atoms with Gasteiger partial charge in [0.15, 0.2) is 5.75 Å². The summed E-state index contributed by atoms with van der Waals surface area (Å²) in [6.07, 6.45) is 2.61. The fourth-order valence-corrected chi connectivity index (χ4v) is 6.82. The van der Waals surface area contributed by atoms with E-state index in [1.54, 1.807) is 25.8 Å². The summed E-state index contributed by atoms with van der Waals surface area (Å²) in [6.45, 7) is 3.25. The lowest BCUT2D eigenvalue weighted by Gasteiger charge is -2.21. The molecule has 4 rings (SSSR count). The van der Waals surface area contributed by atoms with Crippen LogP contribution in [0.4, 0.5) is 47.1 Å². The van der Waals surface area contributed by atoms with Crippen molar-refractivity contribution >= 4 is 101 Å². The highest BCUT2D eigenvalue weighted by molar-refractivity contribution is 7.86. The molecule has 0 aliphatic carbocycles. The normalized spacial score (nSPS) is 13.5. The molecule has 0 aliphatic rings. The first-order valence-corrected chi connectivity index (χ1v) is 24.0. The third-order valence-corrected chi connectivity index (χ3v) is 10.8. The summed E-state index contributed by atoms with van der Waals surface area (Å²) in [6, 6.07) is 8.01. The summed E-state index contributed by atoms with van der Waals surface area (Å²) in [5.74, 6) is -2.22. The summed E-state index contributed by atoms with van der Waals surface area (Å²) in [7, 11) is -11.9. The van der Waals surface area contributed by atoms with E-state index in [9.17, 15) is 48.8 Å². The molecule has 0 bridgehead atoms. The molecule has 0 aliphatic heterocycles. The Labute approximate surface area is 364 Å². The Kier molecular flexibility index (Phi) is 17.7. The van der Waals surface area contributed by atoms with Gasteiger partial charge in [-0.2, -0.15) is 59.4 Å². The summed E-state index contributed by atoms with van der Waals surface area (Å²) in [5.41, 5.74) is 0.386. The van der Waals surface area contributed by atoms with Gasteiger partial charge in [0.1, 0.15) is 4.90 Å². The second-order valence-electron chi connectivity index (χ2n) is 13.7. The number of benzene rings is 2. The van der Waals surface area contributed by atoms with Crippen LogP contribution in [0.1, 0.15) is 25.0 Å². The molecule has 0 radical (unpaired) electrons. The van der Waals surface area contributed by atoms with Gasteiger partial charge >= 0.3 is 11.4 Å². The highest BCUT2D eigenvalue weighted by Crippen LogP contribution is 2.30. The molecule has 346 valence electrons. The van der Waals surface area contributed by atoms with E-state index < -0.39 is 58.1 Å². The molecule has 63 heavy (non-hydrogen) atoms. The van der Waals surface area contributed by atoms with Crippen LogP contribution in [0.25, 0.3) is 12.2 Å². The molecule has 11 N–H and O–H groups in total. The molecular formula is C33H46N12O14S4. The summed E-state index contributed by atoms with van der Waals surface area (Å²) >= 11 is -2.84. The van der Waals surface area contributed by atoms with Crippen LogP contribution >= 0.6 is 0 Å². The molecule has 26 nitrogen and oxygen atoms in total. The zero-order valence-corrected chi connectivity index (χ0v) is 36.9. The van der Waals surface area contributed by atoms with Crippen LogP contribution in [-0.4, -0.2) is 146 Å².